The van der Waals surface area contributed by atoms with Crippen molar-refractivity contribution >= 4 is 34.7 Å². The topological polar surface area (TPSA) is 37.3 Å². The van der Waals surface area contributed by atoms with Crippen LogP contribution in [0.3, 0.4) is 0 Å². The van der Waals surface area contributed by atoms with E-state index in [0.717, 1.165) is 24.1 Å². The van der Waals surface area contributed by atoms with Gasteiger partial charge in [-0.15, -0.1) is 11.3 Å². The summed E-state index contributed by atoms with van der Waals surface area (Å²) in [7, 11) is 0. The Morgan fingerprint density at radius 3 is 2.58 bits per heavy atom. The van der Waals surface area contributed by atoms with Gasteiger partial charge in [-0.3, -0.25) is 0 Å². The van der Waals surface area contributed by atoms with Gasteiger partial charge < -0.3 is 14.8 Å². The predicted octanol–water partition coefficient (Wildman–Crippen LogP) is 7.21. The Morgan fingerprint density at radius 2 is 1.73 bits per heavy atom. The van der Waals surface area contributed by atoms with Gasteiger partial charge in [0.15, 0.2) is 0 Å². The second-order valence-electron chi connectivity index (χ2n) is 8.65. The fourth-order valence-electron chi connectivity index (χ4n) is 5.12. The maximum absolute atomic E-state index is 13.8. The molecule has 1 atom stereocenters. The maximum atomic E-state index is 13.8. The average molecular weight is 474 g/mol. The number of rotatable bonds is 2. The van der Waals surface area contributed by atoms with E-state index < -0.39 is 0 Å². The monoisotopic (exact) mass is 473 g/mol. The second-order valence-corrected chi connectivity index (χ2v) is 10.1. The van der Waals surface area contributed by atoms with E-state index in [2.05, 4.69) is 40.3 Å². The van der Waals surface area contributed by atoms with Crippen molar-refractivity contribution < 1.29 is 4.79 Å². The molecule has 4 aromatic rings. The highest BCUT2D eigenvalue weighted by atomic mass is 35.5. The third-order valence-electron chi connectivity index (χ3n) is 6.67. The Bertz CT molecular complexity index is 1330. The normalized spacial score (nSPS) is 17.0. The van der Waals surface area contributed by atoms with Crippen molar-refractivity contribution in [3.63, 3.8) is 0 Å². The number of benzene rings is 2. The molecule has 0 spiro atoms. The highest BCUT2D eigenvalue weighted by molar-refractivity contribution is 7.15. The number of amides is 2. The number of halogens is 1. The third kappa shape index (κ3) is 3.56. The Hall–Kier alpha value is -3.02. The zero-order valence-corrected chi connectivity index (χ0v) is 19.7. The summed E-state index contributed by atoms with van der Waals surface area (Å²) in [5.41, 5.74) is 5.57. The summed E-state index contributed by atoms with van der Waals surface area (Å²) in [6.45, 7) is 0.568. The van der Waals surface area contributed by atoms with Gasteiger partial charge in [-0.2, -0.15) is 0 Å². The van der Waals surface area contributed by atoms with E-state index >= 15 is 0 Å². The SMILES string of the molecule is O=C(Nc1ccccc1Cl)N1Cc2c(sc3c2CCCC3)-n2cccc2C1c1ccccc1. The first-order chi connectivity index (χ1) is 16.2. The summed E-state index contributed by atoms with van der Waals surface area (Å²) in [5, 5.41) is 4.88. The summed E-state index contributed by atoms with van der Waals surface area (Å²) < 4.78 is 2.30. The fourth-order valence-corrected chi connectivity index (χ4v) is 6.71. The van der Waals surface area contributed by atoms with Crippen LogP contribution in [0.5, 0.6) is 0 Å². The first-order valence-electron chi connectivity index (χ1n) is 11.4. The molecule has 166 valence electrons. The van der Waals surface area contributed by atoms with Crippen LogP contribution in [-0.4, -0.2) is 15.5 Å². The van der Waals surface area contributed by atoms with Crippen LogP contribution in [0.1, 0.15) is 46.1 Å². The molecule has 6 rings (SSSR count). The number of carbonyl (C=O) groups is 1. The molecule has 0 fully saturated rings. The molecule has 6 heteroatoms. The molecule has 0 saturated heterocycles. The van der Waals surface area contributed by atoms with Gasteiger partial charge in [-0.25, -0.2) is 4.79 Å². The lowest BCUT2D eigenvalue weighted by atomic mass is 9.95. The molecular formula is C27H24ClN3OS. The van der Waals surface area contributed by atoms with E-state index in [1.165, 1.54) is 33.8 Å². The summed E-state index contributed by atoms with van der Waals surface area (Å²) in [4.78, 5) is 17.3. The van der Waals surface area contributed by atoms with Crippen molar-refractivity contribution in [1.82, 2.24) is 9.47 Å². The molecule has 3 heterocycles. The first kappa shape index (κ1) is 20.6. The van der Waals surface area contributed by atoms with E-state index in [4.69, 9.17) is 11.6 Å². The Kier molecular flexibility index (Phi) is 5.24. The van der Waals surface area contributed by atoms with Crippen LogP contribution in [0.2, 0.25) is 5.02 Å². The van der Waals surface area contributed by atoms with Gasteiger partial charge in [-0.1, -0.05) is 54.1 Å². The lowest BCUT2D eigenvalue weighted by molar-refractivity contribution is 0.194. The molecule has 33 heavy (non-hydrogen) atoms. The summed E-state index contributed by atoms with van der Waals surface area (Å²) >= 11 is 8.28. The van der Waals surface area contributed by atoms with Crippen LogP contribution in [0.4, 0.5) is 10.5 Å². The number of aromatic nitrogens is 1. The van der Waals surface area contributed by atoms with Gasteiger partial charge in [0.05, 0.1) is 29.0 Å². The van der Waals surface area contributed by atoms with E-state index in [9.17, 15) is 4.79 Å². The minimum absolute atomic E-state index is 0.145. The molecule has 0 saturated carbocycles. The summed E-state index contributed by atoms with van der Waals surface area (Å²) in [6, 6.07) is 21.6. The van der Waals surface area contributed by atoms with E-state index in [0.29, 0.717) is 17.3 Å². The third-order valence-corrected chi connectivity index (χ3v) is 8.33. The summed E-state index contributed by atoms with van der Waals surface area (Å²) in [5.74, 6) is 0. The minimum Gasteiger partial charge on any atom is -0.310 e. The average Bonchev–Trinajstić information content (AvgIpc) is 3.43. The molecule has 2 aliphatic rings. The molecule has 1 N–H and O–H groups in total. The number of fused-ring (bicyclic) bond motifs is 5. The lowest BCUT2D eigenvalue weighted by Gasteiger charge is -2.31. The Labute approximate surface area is 202 Å². The number of anilines is 1. The van der Waals surface area contributed by atoms with Gasteiger partial charge in [0, 0.05) is 16.6 Å². The number of nitrogens with zero attached hydrogens (tertiary/aromatic N) is 2. The van der Waals surface area contributed by atoms with Gasteiger partial charge in [0.2, 0.25) is 0 Å². The van der Waals surface area contributed by atoms with E-state index in [1.54, 1.807) is 6.07 Å². The number of nitrogens with one attached hydrogen (secondary N) is 1. The zero-order chi connectivity index (χ0) is 22.4. The minimum atomic E-state index is -0.206. The number of hydrogen-bond acceptors (Lipinski definition) is 2. The highest BCUT2D eigenvalue weighted by Crippen LogP contribution is 2.44. The smallest absolute Gasteiger partial charge is 0.310 e. The Morgan fingerprint density at radius 1 is 0.939 bits per heavy atom. The zero-order valence-electron chi connectivity index (χ0n) is 18.1. The van der Waals surface area contributed by atoms with Crippen molar-refractivity contribution in [3.05, 3.63) is 105 Å². The van der Waals surface area contributed by atoms with E-state index in [1.807, 2.05) is 52.6 Å². The largest absolute Gasteiger partial charge is 0.323 e. The quantitative estimate of drug-likeness (QED) is 0.328. The Balaban J connectivity index is 1.50. The van der Waals surface area contributed by atoms with E-state index in [-0.39, 0.29) is 12.1 Å². The molecule has 2 aromatic carbocycles. The lowest BCUT2D eigenvalue weighted by Crippen LogP contribution is -2.38. The van der Waals surface area contributed by atoms with Crippen molar-refractivity contribution in [2.24, 2.45) is 0 Å². The molecule has 4 nitrogen and oxygen atoms in total. The number of aryl methyl sites for hydroxylation is 1. The number of thiophene rings is 1. The molecule has 1 aliphatic heterocycles. The van der Waals surface area contributed by atoms with Crippen LogP contribution in [-0.2, 0) is 19.4 Å². The van der Waals surface area contributed by atoms with Crippen LogP contribution < -0.4 is 5.32 Å². The molecule has 2 aromatic heterocycles. The van der Waals surface area contributed by atoms with Crippen LogP contribution in [0.15, 0.2) is 72.9 Å². The van der Waals surface area contributed by atoms with Gasteiger partial charge in [-0.05, 0) is 61.1 Å². The number of hydrogen-bond donors (Lipinski definition) is 1. The molecule has 1 unspecified atom stereocenters. The summed E-state index contributed by atoms with van der Waals surface area (Å²) in [6.07, 6.45) is 6.82. The van der Waals surface area contributed by atoms with Gasteiger partial charge in [0.1, 0.15) is 5.00 Å². The number of urea groups is 1. The van der Waals surface area contributed by atoms with Crippen LogP contribution >= 0.6 is 22.9 Å². The highest BCUT2D eigenvalue weighted by Gasteiger charge is 2.36. The maximum Gasteiger partial charge on any atom is 0.323 e. The molecule has 0 bridgehead atoms. The van der Waals surface area contributed by atoms with Crippen molar-refractivity contribution in [2.45, 2.75) is 38.3 Å². The first-order valence-corrected chi connectivity index (χ1v) is 12.6. The fraction of sp³-hybridized carbons (Fsp3) is 0.222. The molecule has 0 radical (unpaired) electrons. The standard InChI is InChI=1S/C27H24ClN3OS/c28-21-12-5-6-13-22(21)29-27(32)31-17-20-19-11-4-7-15-24(19)33-26(20)30-16-8-14-23(30)25(31)18-9-2-1-3-10-18/h1-3,5-6,8-10,12-14,16,25H,4,7,11,15,17H2,(H,29,32). The second kappa shape index (κ2) is 8.40. The predicted molar refractivity (Wildman–Crippen MR) is 135 cm³/mol. The van der Waals surface area contributed by atoms with Crippen molar-refractivity contribution in [2.75, 3.05) is 5.32 Å². The van der Waals surface area contributed by atoms with Crippen molar-refractivity contribution in [3.8, 4) is 5.00 Å². The van der Waals surface area contributed by atoms with Crippen LogP contribution in [0.25, 0.3) is 5.00 Å². The molecule has 1 aliphatic carbocycles. The molecular weight excluding hydrogens is 450 g/mol. The van der Waals surface area contributed by atoms with Gasteiger partial charge >= 0.3 is 6.03 Å². The number of carbonyl (C=O) groups excluding carboxylic acids is 1. The molecule has 2 amide bonds. The van der Waals surface area contributed by atoms with Crippen molar-refractivity contribution in [1.29, 1.82) is 0 Å². The van der Waals surface area contributed by atoms with Gasteiger partial charge in [0.25, 0.3) is 0 Å². The van der Waals surface area contributed by atoms with Crippen LogP contribution in [0, 0.1) is 0 Å². The number of para-hydroxylation sites is 1.